The molecule has 0 unspecified atom stereocenters. The molecule has 1 aliphatic carbocycles. The number of Topliss-reactive ketones (excluding diaryl/α,β-unsaturated/α-hetero) is 1. The smallest absolute Gasteiger partial charge is 0.493 e. The summed E-state index contributed by atoms with van der Waals surface area (Å²) in [6, 6.07) is 11.4. The van der Waals surface area contributed by atoms with Crippen molar-refractivity contribution in [2.75, 3.05) is 7.11 Å². The summed E-state index contributed by atoms with van der Waals surface area (Å²) in [6.07, 6.45) is 0.461. The third-order valence-electron chi connectivity index (χ3n) is 4.19. The Morgan fingerprint density at radius 1 is 1.19 bits per heavy atom. The molecule has 0 bridgehead atoms. The van der Waals surface area contributed by atoms with Crippen LogP contribution in [0.25, 0.3) is 16.9 Å². The van der Waals surface area contributed by atoms with E-state index in [9.17, 15) is 4.79 Å². The van der Waals surface area contributed by atoms with Crippen LogP contribution in [0.1, 0.15) is 41.9 Å². The number of pyridine rings is 1. The summed E-state index contributed by atoms with van der Waals surface area (Å²) < 4.78 is 7.24. The molecule has 0 aliphatic heterocycles. The SMILES string of the molecule is COc1ccc(-c2cccc(C(C)=O)c2)n2nc(C3CC3)nc12.O=C(O)O. The van der Waals surface area contributed by atoms with Gasteiger partial charge in [0.25, 0.3) is 0 Å². The first-order chi connectivity index (χ1) is 12.9. The van der Waals surface area contributed by atoms with E-state index in [1.165, 1.54) is 0 Å². The van der Waals surface area contributed by atoms with Crippen molar-refractivity contribution in [3.05, 3.63) is 47.8 Å². The van der Waals surface area contributed by atoms with Crippen molar-refractivity contribution in [1.82, 2.24) is 14.6 Å². The molecule has 0 radical (unpaired) electrons. The lowest BCUT2D eigenvalue weighted by molar-refractivity contribution is 0.101. The molecular formula is C19H19N3O5. The molecule has 2 aromatic heterocycles. The Hall–Kier alpha value is -3.42. The van der Waals surface area contributed by atoms with Crippen molar-refractivity contribution in [3.63, 3.8) is 0 Å². The van der Waals surface area contributed by atoms with Gasteiger partial charge < -0.3 is 14.9 Å². The maximum Gasteiger partial charge on any atom is 0.503 e. The highest BCUT2D eigenvalue weighted by atomic mass is 16.6. The van der Waals surface area contributed by atoms with Gasteiger partial charge in [0.2, 0.25) is 0 Å². The van der Waals surface area contributed by atoms with Crippen molar-refractivity contribution in [1.29, 1.82) is 0 Å². The Morgan fingerprint density at radius 3 is 2.48 bits per heavy atom. The van der Waals surface area contributed by atoms with Gasteiger partial charge in [-0.2, -0.15) is 5.10 Å². The number of benzene rings is 1. The topological polar surface area (TPSA) is 114 Å². The summed E-state index contributed by atoms with van der Waals surface area (Å²) in [4.78, 5) is 24.8. The standard InChI is InChI=1S/C18H17N3O2.CH2O3/c1-11(22)13-4-3-5-14(10-13)15-8-9-16(23-2)18-19-17(12-6-7-12)20-21(15)18;2-1(3)4/h3-5,8-10,12H,6-7H2,1-2H3;(H2,2,3,4). The molecule has 1 fully saturated rings. The second-order valence-electron chi connectivity index (χ2n) is 6.19. The minimum absolute atomic E-state index is 0.0499. The first-order valence-corrected chi connectivity index (χ1v) is 8.37. The van der Waals surface area contributed by atoms with Gasteiger partial charge in [-0.15, -0.1) is 0 Å². The summed E-state index contributed by atoms with van der Waals surface area (Å²) in [5.41, 5.74) is 3.26. The van der Waals surface area contributed by atoms with E-state index in [0.29, 0.717) is 17.2 Å². The molecule has 1 aromatic carbocycles. The Labute approximate surface area is 155 Å². The number of methoxy groups -OCH3 is 1. The monoisotopic (exact) mass is 369 g/mol. The minimum Gasteiger partial charge on any atom is -0.493 e. The number of carbonyl (C=O) groups is 2. The number of rotatable bonds is 4. The minimum atomic E-state index is -1.83. The molecule has 2 heterocycles. The highest BCUT2D eigenvalue weighted by Gasteiger charge is 2.29. The van der Waals surface area contributed by atoms with Crippen molar-refractivity contribution < 1.29 is 24.5 Å². The lowest BCUT2D eigenvalue weighted by Gasteiger charge is -2.08. The van der Waals surface area contributed by atoms with E-state index >= 15 is 0 Å². The first-order valence-electron chi connectivity index (χ1n) is 8.37. The van der Waals surface area contributed by atoms with E-state index in [-0.39, 0.29) is 5.78 Å². The van der Waals surface area contributed by atoms with Gasteiger partial charge in [-0.05, 0) is 38.0 Å². The second kappa shape index (κ2) is 7.45. The van der Waals surface area contributed by atoms with E-state index in [1.807, 2.05) is 40.9 Å². The number of carbonyl (C=O) groups excluding carboxylic acids is 1. The predicted molar refractivity (Wildman–Crippen MR) is 97.6 cm³/mol. The number of carboxylic acid groups (broad SMARTS) is 2. The Kier molecular flexibility index (Phi) is 5.07. The van der Waals surface area contributed by atoms with Crippen LogP contribution in [0.15, 0.2) is 36.4 Å². The number of aromatic nitrogens is 3. The molecule has 2 N–H and O–H groups in total. The van der Waals surface area contributed by atoms with Gasteiger partial charge in [0, 0.05) is 17.0 Å². The van der Waals surface area contributed by atoms with Crippen LogP contribution in [0, 0.1) is 0 Å². The first kappa shape index (κ1) is 18.4. The fraction of sp³-hybridized carbons (Fsp3) is 0.263. The van der Waals surface area contributed by atoms with Crippen molar-refractivity contribution in [2.45, 2.75) is 25.7 Å². The lowest BCUT2D eigenvalue weighted by Crippen LogP contribution is -1.98. The molecule has 8 nitrogen and oxygen atoms in total. The van der Waals surface area contributed by atoms with Crippen LogP contribution < -0.4 is 4.74 Å². The highest BCUT2D eigenvalue weighted by molar-refractivity contribution is 5.95. The highest BCUT2D eigenvalue weighted by Crippen LogP contribution is 2.39. The molecule has 0 spiro atoms. The fourth-order valence-corrected chi connectivity index (χ4v) is 2.75. The van der Waals surface area contributed by atoms with E-state index < -0.39 is 6.16 Å². The van der Waals surface area contributed by atoms with Crippen LogP contribution in [-0.4, -0.2) is 43.9 Å². The summed E-state index contributed by atoms with van der Waals surface area (Å²) in [5.74, 6) is 2.10. The second-order valence-corrected chi connectivity index (χ2v) is 6.19. The molecule has 27 heavy (non-hydrogen) atoms. The summed E-state index contributed by atoms with van der Waals surface area (Å²) in [7, 11) is 1.64. The molecule has 1 saturated carbocycles. The predicted octanol–water partition coefficient (Wildman–Crippen LogP) is 3.71. The number of hydrogen-bond acceptors (Lipinski definition) is 5. The normalized spacial score (nSPS) is 13.0. The summed E-state index contributed by atoms with van der Waals surface area (Å²) in [6.45, 7) is 1.57. The van der Waals surface area contributed by atoms with E-state index in [0.717, 1.165) is 35.6 Å². The van der Waals surface area contributed by atoms with Crippen LogP contribution >= 0.6 is 0 Å². The maximum atomic E-state index is 11.6. The average molecular weight is 369 g/mol. The third kappa shape index (κ3) is 4.05. The number of ether oxygens (including phenoxy) is 1. The van der Waals surface area contributed by atoms with E-state index in [1.54, 1.807) is 14.0 Å². The average Bonchev–Trinajstić information content (AvgIpc) is 3.39. The molecule has 3 aromatic rings. The third-order valence-corrected chi connectivity index (χ3v) is 4.19. The van der Waals surface area contributed by atoms with Crippen LogP contribution in [0.4, 0.5) is 4.79 Å². The Balaban J connectivity index is 0.000000481. The largest absolute Gasteiger partial charge is 0.503 e. The number of ketones is 1. The Morgan fingerprint density at radius 2 is 1.89 bits per heavy atom. The van der Waals surface area contributed by atoms with E-state index in [4.69, 9.17) is 19.7 Å². The molecule has 0 saturated heterocycles. The zero-order valence-electron chi connectivity index (χ0n) is 14.9. The van der Waals surface area contributed by atoms with Crippen molar-refractivity contribution in [3.8, 4) is 17.0 Å². The fourth-order valence-electron chi connectivity index (χ4n) is 2.75. The van der Waals surface area contributed by atoms with Gasteiger partial charge in [-0.3, -0.25) is 4.79 Å². The van der Waals surface area contributed by atoms with Gasteiger partial charge in [0.1, 0.15) is 0 Å². The summed E-state index contributed by atoms with van der Waals surface area (Å²) >= 11 is 0. The lowest BCUT2D eigenvalue weighted by atomic mass is 10.1. The molecule has 0 amide bonds. The van der Waals surface area contributed by atoms with Crippen LogP contribution in [0.5, 0.6) is 5.75 Å². The molecule has 8 heteroatoms. The van der Waals surface area contributed by atoms with Crippen molar-refractivity contribution >= 4 is 17.6 Å². The molecular weight excluding hydrogens is 350 g/mol. The van der Waals surface area contributed by atoms with Gasteiger partial charge >= 0.3 is 6.16 Å². The quantitative estimate of drug-likeness (QED) is 0.674. The van der Waals surface area contributed by atoms with Crippen LogP contribution in [0.3, 0.4) is 0 Å². The van der Waals surface area contributed by atoms with Gasteiger partial charge in [-0.25, -0.2) is 14.3 Å². The molecule has 140 valence electrons. The maximum absolute atomic E-state index is 11.6. The molecule has 4 rings (SSSR count). The number of hydrogen-bond donors (Lipinski definition) is 2. The zero-order valence-corrected chi connectivity index (χ0v) is 14.9. The van der Waals surface area contributed by atoms with Gasteiger partial charge in [0.05, 0.1) is 12.8 Å². The summed E-state index contributed by atoms with van der Waals surface area (Å²) in [5, 5.41) is 18.6. The molecule has 0 atom stereocenters. The van der Waals surface area contributed by atoms with Crippen LogP contribution in [0.2, 0.25) is 0 Å². The Bertz CT molecular complexity index is 1000. The number of nitrogens with zero attached hydrogens (tertiary/aromatic N) is 3. The number of fused-ring (bicyclic) bond motifs is 1. The van der Waals surface area contributed by atoms with E-state index in [2.05, 4.69) is 10.1 Å². The van der Waals surface area contributed by atoms with Crippen LogP contribution in [-0.2, 0) is 0 Å². The van der Waals surface area contributed by atoms with Gasteiger partial charge in [0.15, 0.2) is 23.0 Å². The molecule has 1 aliphatic rings. The zero-order chi connectivity index (χ0) is 19.6. The van der Waals surface area contributed by atoms with Crippen molar-refractivity contribution in [2.24, 2.45) is 0 Å². The van der Waals surface area contributed by atoms with Gasteiger partial charge in [-0.1, -0.05) is 18.2 Å².